The number of hydrogen-bond acceptors (Lipinski definition) is 1. The quantitative estimate of drug-likeness (QED) is 0.251. The molecule has 23 heavy (non-hydrogen) atoms. The van der Waals surface area contributed by atoms with E-state index >= 15 is 0 Å². The van der Waals surface area contributed by atoms with Crippen molar-refractivity contribution in [3.8, 4) is 0 Å². The van der Waals surface area contributed by atoms with Crippen LogP contribution in [-0.2, 0) is 11.3 Å². The molecule has 0 atom stereocenters. The van der Waals surface area contributed by atoms with Crippen LogP contribution in [0.15, 0.2) is 54.6 Å². The highest BCUT2D eigenvalue weighted by molar-refractivity contribution is 9.09. The van der Waals surface area contributed by atoms with E-state index in [1.165, 1.54) is 46.4 Å². The van der Waals surface area contributed by atoms with Crippen LogP contribution in [0.2, 0.25) is 0 Å². The second-order valence-electron chi connectivity index (χ2n) is 5.96. The van der Waals surface area contributed by atoms with Gasteiger partial charge in [-0.25, -0.2) is 0 Å². The normalized spacial score (nSPS) is 11.3. The van der Waals surface area contributed by atoms with Crippen LogP contribution in [0.3, 0.4) is 0 Å². The standard InChI is InChI=1S/C21H23BrO/c22-13-7-1-2-8-14-23-16-18-15-17-9-3-4-10-19(17)21-12-6-5-11-20(18)21/h3-6,9-12,15H,1-2,7-8,13-14,16H2. The Balaban J connectivity index is 1.72. The number of halogens is 1. The van der Waals surface area contributed by atoms with Gasteiger partial charge in [0.2, 0.25) is 0 Å². The maximum Gasteiger partial charge on any atom is 0.0723 e. The second-order valence-corrected chi connectivity index (χ2v) is 6.75. The first-order chi connectivity index (χ1) is 11.4. The van der Waals surface area contributed by atoms with E-state index in [4.69, 9.17) is 4.74 Å². The van der Waals surface area contributed by atoms with Gasteiger partial charge in [0.05, 0.1) is 6.61 Å². The van der Waals surface area contributed by atoms with Crippen molar-refractivity contribution < 1.29 is 4.74 Å². The number of rotatable bonds is 8. The third-order valence-electron chi connectivity index (χ3n) is 4.28. The minimum Gasteiger partial charge on any atom is -0.377 e. The number of benzene rings is 3. The van der Waals surface area contributed by atoms with E-state index < -0.39 is 0 Å². The van der Waals surface area contributed by atoms with Crippen LogP contribution in [-0.4, -0.2) is 11.9 Å². The van der Waals surface area contributed by atoms with Crippen LogP contribution >= 0.6 is 15.9 Å². The Morgan fingerprint density at radius 2 is 1.43 bits per heavy atom. The first-order valence-corrected chi connectivity index (χ1v) is 9.55. The Morgan fingerprint density at radius 3 is 2.26 bits per heavy atom. The fourth-order valence-corrected chi connectivity index (χ4v) is 3.48. The molecule has 0 aliphatic carbocycles. The van der Waals surface area contributed by atoms with Crippen molar-refractivity contribution in [3.63, 3.8) is 0 Å². The molecule has 0 aromatic heterocycles. The van der Waals surface area contributed by atoms with Crippen molar-refractivity contribution in [2.24, 2.45) is 0 Å². The van der Waals surface area contributed by atoms with Crippen LogP contribution in [0, 0.1) is 0 Å². The summed E-state index contributed by atoms with van der Waals surface area (Å²) >= 11 is 3.47. The minimum atomic E-state index is 0.698. The van der Waals surface area contributed by atoms with Crippen LogP contribution in [0.1, 0.15) is 31.2 Å². The Morgan fingerprint density at radius 1 is 0.739 bits per heavy atom. The largest absolute Gasteiger partial charge is 0.377 e. The summed E-state index contributed by atoms with van der Waals surface area (Å²) in [4.78, 5) is 0. The Labute approximate surface area is 146 Å². The predicted molar refractivity (Wildman–Crippen MR) is 103 cm³/mol. The van der Waals surface area contributed by atoms with E-state index in [2.05, 4.69) is 70.5 Å². The van der Waals surface area contributed by atoms with Crippen LogP contribution < -0.4 is 0 Å². The van der Waals surface area contributed by atoms with Crippen molar-refractivity contribution in [3.05, 3.63) is 60.2 Å². The van der Waals surface area contributed by atoms with E-state index in [9.17, 15) is 0 Å². The molecule has 0 saturated carbocycles. The smallest absolute Gasteiger partial charge is 0.0723 e. The maximum atomic E-state index is 5.95. The molecule has 0 aliphatic heterocycles. The molecule has 3 rings (SSSR count). The molecular weight excluding hydrogens is 348 g/mol. The molecule has 2 heteroatoms. The number of ether oxygens (including phenoxy) is 1. The number of fused-ring (bicyclic) bond motifs is 3. The number of alkyl halides is 1. The summed E-state index contributed by atoms with van der Waals surface area (Å²) in [6.07, 6.45) is 4.95. The average Bonchev–Trinajstić information content (AvgIpc) is 2.61. The maximum absolute atomic E-state index is 5.95. The van der Waals surface area contributed by atoms with Gasteiger partial charge in [-0.05, 0) is 46.0 Å². The van der Waals surface area contributed by atoms with Crippen molar-refractivity contribution in [2.45, 2.75) is 32.3 Å². The van der Waals surface area contributed by atoms with Gasteiger partial charge < -0.3 is 4.74 Å². The zero-order valence-electron chi connectivity index (χ0n) is 13.4. The molecule has 3 aromatic rings. The van der Waals surface area contributed by atoms with Crippen LogP contribution in [0.5, 0.6) is 0 Å². The molecule has 0 amide bonds. The van der Waals surface area contributed by atoms with E-state index in [1.54, 1.807) is 0 Å². The Hall–Kier alpha value is -1.38. The van der Waals surface area contributed by atoms with Crippen molar-refractivity contribution >= 4 is 37.5 Å². The third kappa shape index (κ3) is 4.13. The Kier molecular flexibility index (Phi) is 6.06. The summed E-state index contributed by atoms with van der Waals surface area (Å²) in [6.45, 7) is 1.55. The summed E-state index contributed by atoms with van der Waals surface area (Å²) in [5.74, 6) is 0. The lowest BCUT2D eigenvalue weighted by Crippen LogP contribution is -1.97. The van der Waals surface area contributed by atoms with E-state index in [1.807, 2.05) is 0 Å². The SMILES string of the molecule is BrCCCCCCOCc1cc2ccccc2c2ccccc12. The summed E-state index contributed by atoms with van der Waals surface area (Å²) in [7, 11) is 0. The van der Waals surface area contributed by atoms with Crippen molar-refractivity contribution in [2.75, 3.05) is 11.9 Å². The van der Waals surface area contributed by atoms with Crippen molar-refractivity contribution in [1.82, 2.24) is 0 Å². The molecule has 120 valence electrons. The lowest BCUT2D eigenvalue weighted by atomic mass is 9.98. The van der Waals surface area contributed by atoms with Gasteiger partial charge >= 0.3 is 0 Å². The summed E-state index contributed by atoms with van der Waals surface area (Å²) in [5.41, 5.74) is 1.29. The van der Waals surface area contributed by atoms with Gasteiger partial charge in [0, 0.05) is 11.9 Å². The first kappa shape index (κ1) is 16.5. The monoisotopic (exact) mass is 370 g/mol. The van der Waals surface area contributed by atoms with Crippen LogP contribution in [0.4, 0.5) is 0 Å². The highest BCUT2D eigenvalue weighted by Gasteiger charge is 2.06. The molecule has 0 unspecified atom stereocenters. The van der Waals surface area contributed by atoms with E-state index in [-0.39, 0.29) is 0 Å². The van der Waals surface area contributed by atoms with Crippen molar-refractivity contribution in [1.29, 1.82) is 0 Å². The van der Waals surface area contributed by atoms with Gasteiger partial charge in [0.1, 0.15) is 0 Å². The molecule has 0 spiro atoms. The molecule has 0 fully saturated rings. The molecule has 0 aliphatic rings. The topological polar surface area (TPSA) is 9.23 Å². The molecule has 0 saturated heterocycles. The lowest BCUT2D eigenvalue weighted by Gasteiger charge is -2.11. The zero-order valence-corrected chi connectivity index (χ0v) is 15.0. The molecule has 3 aromatic carbocycles. The molecule has 0 heterocycles. The molecule has 0 bridgehead atoms. The predicted octanol–water partition coefficient (Wildman–Crippen LogP) is 6.46. The van der Waals surface area contributed by atoms with E-state index in [0.29, 0.717) is 6.61 Å². The van der Waals surface area contributed by atoms with Gasteiger partial charge in [0.25, 0.3) is 0 Å². The zero-order chi connectivity index (χ0) is 15.9. The molecular formula is C21H23BrO. The minimum absolute atomic E-state index is 0.698. The average molecular weight is 371 g/mol. The molecule has 1 nitrogen and oxygen atoms in total. The second kappa shape index (κ2) is 8.47. The van der Waals surface area contributed by atoms with Gasteiger partial charge in [-0.2, -0.15) is 0 Å². The van der Waals surface area contributed by atoms with Crippen LogP contribution in [0.25, 0.3) is 21.5 Å². The van der Waals surface area contributed by atoms with E-state index in [0.717, 1.165) is 18.4 Å². The van der Waals surface area contributed by atoms with Gasteiger partial charge in [-0.15, -0.1) is 0 Å². The lowest BCUT2D eigenvalue weighted by molar-refractivity contribution is 0.117. The number of hydrogen-bond donors (Lipinski definition) is 0. The van der Waals surface area contributed by atoms with Gasteiger partial charge in [-0.1, -0.05) is 77.3 Å². The highest BCUT2D eigenvalue weighted by atomic mass is 79.9. The molecule has 0 radical (unpaired) electrons. The van der Waals surface area contributed by atoms with Gasteiger partial charge in [-0.3, -0.25) is 0 Å². The highest BCUT2D eigenvalue weighted by Crippen LogP contribution is 2.29. The number of unbranched alkanes of at least 4 members (excludes halogenated alkanes) is 3. The first-order valence-electron chi connectivity index (χ1n) is 8.43. The fourth-order valence-electron chi connectivity index (χ4n) is 3.09. The summed E-state index contributed by atoms with van der Waals surface area (Å²) in [5, 5.41) is 6.35. The summed E-state index contributed by atoms with van der Waals surface area (Å²) < 4.78 is 5.95. The Bertz CT molecular complexity index is 766. The fraction of sp³-hybridized carbons (Fsp3) is 0.333. The van der Waals surface area contributed by atoms with Gasteiger partial charge in [0.15, 0.2) is 0 Å². The third-order valence-corrected chi connectivity index (χ3v) is 4.84. The molecule has 0 N–H and O–H groups in total. The summed E-state index contributed by atoms with van der Waals surface area (Å²) in [6, 6.07) is 19.5.